The molecule has 0 aliphatic carbocycles. The Morgan fingerprint density at radius 2 is 1.65 bits per heavy atom. The van der Waals surface area contributed by atoms with Gasteiger partial charge in [-0.1, -0.05) is 26.8 Å². The predicted octanol–water partition coefficient (Wildman–Crippen LogP) is 2.88. The van der Waals surface area contributed by atoms with E-state index in [1.54, 1.807) is 12.1 Å². The average molecular weight is 235 g/mol. The fourth-order valence-corrected chi connectivity index (χ4v) is 1.86. The molecule has 0 heterocycles. The number of nitrogens with two attached hydrogens (primary N) is 1. The van der Waals surface area contributed by atoms with Crippen molar-refractivity contribution in [2.45, 2.75) is 45.6 Å². The number of benzene rings is 1. The Bertz CT molecular complexity index is 437. The lowest BCUT2D eigenvalue weighted by atomic mass is 9.78. The van der Waals surface area contributed by atoms with Gasteiger partial charge in [0.1, 0.15) is 0 Å². The molecular weight excluding hydrogens is 214 g/mol. The van der Waals surface area contributed by atoms with Gasteiger partial charge in [0.05, 0.1) is 5.56 Å². The van der Waals surface area contributed by atoms with Crippen LogP contribution in [-0.2, 0) is 11.0 Å². The van der Waals surface area contributed by atoms with E-state index in [-0.39, 0.29) is 5.41 Å². The van der Waals surface area contributed by atoms with Crippen molar-refractivity contribution < 1.29 is 9.90 Å². The van der Waals surface area contributed by atoms with E-state index in [1.807, 2.05) is 19.9 Å². The molecule has 1 rings (SSSR count). The second-order valence-electron chi connectivity index (χ2n) is 6.04. The standard InChI is InChI=1S/C14H21NO2/c1-13(2,3)11-8-9(12(16)17)6-7-10(11)14(4,5)15/h6-8H,15H2,1-5H3,(H,16,17). The number of carboxylic acids is 1. The van der Waals surface area contributed by atoms with Gasteiger partial charge in [0.2, 0.25) is 0 Å². The third kappa shape index (κ3) is 3.07. The summed E-state index contributed by atoms with van der Waals surface area (Å²) < 4.78 is 0. The second kappa shape index (κ2) is 4.15. The maximum absolute atomic E-state index is 11.0. The Balaban J connectivity index is 3.49. The third-order valence-corrected chi connectivity index (χ3v) is 2.77. The quantitative estimate of drug-likeness (QED) is 0.828. The molecule has 0 atom stereocenters. The zero-order chi connectivity index (χ0) is 13.4. The van der Waals surface area contributed by atoms with Crippen molar-refractivity contribution in [1.82, 2.24) is 0 Å². The monoisotopic (exact) mass is 235 g/mol. The van der Waals surface area contributed by atoms with Crippen molar-refractivity contribution in [1.29, 1.82) is 0 Å². The molecule has 0 unspecified atom stereocenters. The molecular formula is C14H21NO2. The highest BCUT2D eigenvalue weighted by Gasteiger charge is 2.26. The SMILES string of the molecule is CC(C)(C)c1cc(C(=O)O)ccc1C(C)(C)N. The van der Waals surface area contributed by atoms with Gasteiger partial charge in [0.25, 0.3) is 0 Å². The van der Waals surface area contributed by atoms with Crippen molar-refractivity contribution in [3.63, 3.8) is 0 Å². The molecule has 94 valence electrons. The number of carboxylic acid groups (broad SMARTS) is 1. The van der Waals surface area contributed by atoms with Gasteiger partial charge in [0, 0.05) is 5.54 Å². The number of rotatable bonds is 2. The highest BCUT2D eigenvalue weighted by atomic mass is 16.4. The second-order valence-corrected chi connectivity index (χ2v) is 6.04. The van der Waals surface area contributed by atoms with Gasteiger partial charge in [-0.2, -0.15) is 0 Å². The van der Waals surface area contributed by atoms with Gasteiger partial charge in [-0.15, -0.1) is 0 Å². The summed E-state index contributed by atoms with van der Waals surface area (Å²) in [6, 6.07) is 5.16. The van der Waals surface area contributed by atoms with E-state index in [0.717, 1.165) is 11.1 Å². The zero-order valence-corrected chi connectivity index (χ0v) is 11.2. The lowest BCUT2D eigenvalue weighted by molar-refractivity contribution is 0.0696. The summed E-state index contributed by atoms with van der Waals surface area (Å²) in [6.45, 7) is 10.0. The van der Waals surface area contributed by atoms with Crippen LogP contribution in [0.5, 0.6) is 0 Å². The van der Waals surface area contributed by atoms with Crippen molar-refractivity contribution in [3.8, 4) is 0 Å². The first kappa shape index (κ1) is 13.7. The molecule has 3 nitrogen and oxygen atoms in total. The molecule has 1 aromatic carbocycles. The topological polar surface area (TPSA) is 63.3 Å². The van der Waals surface area contributed by atoms with Gasteiger partial charge in [-0.25, -0.2) is 4.79 Å². The largest absolute Gasteiger partial charge is 0.478 e. The Morgan fingerprint density at radius 3 is 2.00 bits per heavy atom. The van der Waals surface area contributed by atoms with E-state index in [0.29, 0.717) is 5.56 Å². The van der Waals surface area contributed by atoms with Crippen LogP contribution >= 0.6 is 0 Å². The van der Waals surface area contributed by atoms with Crippen molar-refractivity contribution in [2.75, 3.05) is 0 Å². The lowest BCUT2D eigenvalue weighted by Gasteiger charge is -2.30. The fourth-order valence-electron chi connectivity index (χ4n) is 1.86. The number of carbonyl (C=O) groups is 1. The van der Waals surface area contributed by atoms with Crippen LogP contribution < -0.4 is 5.73 Å². The van der Waals surface area contributed by atoms with E-state index < -0.39 is 11.5 Å². The maximum Gasteiger partial charge on any atom is 0.335 e. The molecule has 0 aliphatic rings. The normalized spacial score (nSPS) is 12.6. The Morgan fingerprint density at radius 1 is 1.12 bits per heavy atom. The summed E-state index contributed by atoms with van der Waals surface area (Å²) in [5.41, 5.74) is 7.83. The molecule has 0 saturated carbocycles. The van der Waals surface area contributed by atoms with Gasteiger partial charge in [-0.05, 0) is 42.5 Å². The van der Waals surface area contributed by atoms with E-state index in [1.165, 1.54) is 0 Å². The van der Waals surface area contributed by atoms with Crippen LogP contribution in [-0.4, -0.2) is 11.1 Å². The molecule has 0 amide bonds. The van der Waals surface area contributed by atoms with Crippen LogP contribution in [0.3, 0.4) is 0 Å². The summed E-state index contributed by atoms with van der Waals surface area (Å²) in [7, 11) is 0. The first-order valence-corrected chi connectivity index (χ1v) is 5.70. The fraction of sp³-hybridized carbons (Fsp3) is 0.500. The average Bonchev–Trinajstić information content (AvgIpc) is 2.14. The number of hydrogen-bond acceptors (Lipinski definition) is 2. The summed E-state index contributed by atoms with van der Waals surface area (Å²) in [5.74, 6) is -0.906. The van der Waals surface area contributed by atoms with Crippen molar-refractivity contribution in [3.05, 3.63) is 34.9 Å². The summed E-state index contributed by atoms with van der Waals surface area (Å²) in [4.78, 5) is 11.0. The minimum Gasteiger partial charge on any atom is -0.478 e. The molecule has 0 radical (unpaired) electrons. The van der Waals surface area contributed by atoms with E-state index >= 15 is 0 Å². The molecule has 1 aromatic rings. The summed E-state index contributed by atoms with van der Waals surface area (Å²) >= 11 is 0. The number of hydrogen-bond donors (Lipinski definition) is 2. The summed E-state index contributed by atoms with van der Waals surface area (Å²) in [6.07, 6.45) is 0. The molecule has 0 spiro atoms. The van der Waals surface area contributed by atoms with Crippen LogP contribution in [0, 0.1) is 0 Å². The Labute approximate surface area is 103 Å². The Hall–Kier alpha value is -1.35. The molecule has 0 bridgehead atoms. The first-order valence-electron chi connectivity index (χ1n) is 5.70. The smallest absolute Gasteiger partial charge is 0.335 e. The minimum atomic E-state index is -0.906. The van der Waals surface area contributed by atoms with E-state index in [4.69, 9.17) is 10.8 Å². The van der Waals surface area contributed by atoms with Crippen LogP contribution in [0.25, 0.3) is 0 Å². The third-order valence-electron chi connectivity index (χ3n) is 2.77. The van der Waals surface area contributed by atoms with Crippen molar-refractivity contribution >= 4 is 5.97 Å². The molecule has 0 fully saturated rings. The minimum absolute atomic E-state index is 0.128. The van der Waals surface area contributed by atoms with Gasteiger partial charge < -0.3 is 10.8 Å². The highest BCUT2D eigenvalue weighted by molar-refractivity contribution is 5.88. The van der Waals surface area contributed by atoms with E-state index in [9.17, 15) is 4.79 Å². The highest BCUT2D eigenvalue weighted by Crippen LogP contribution is 2.32. The molecule has 17 heavy (non-hydrogen) atoms. The predicted molar refractivity (Wildman–Crippen MR) is 69.3 cm³/mol. The molecule has 0 saturated heterocycles. The molecule has 0 aliphatic heterocycles. The summed E-state index contributed by atoms with van der Waals surface area (Å²) in [5, 5.41) is 9.04. The van der Waals surface area contributed by atoms with Crippen molar-refractivity contribution in [2.24, 2.45) is 5.73 Å². The lowest BCUT2D eigenvalue weighted by Crippen LogP contribution is -2.32. The number of aromatic carboxylic acids is 1. The van der Waals surface area contributed by atoms with Crippen LogP contribution in [0.4, 0.5) is 0 Å². The molecule has 3 heteroatoms. The van der Waals surface area contributed by atoms with Gasteiger partial charge in [0.15, 0.2) is 0 Å². The van der Waals surface area contributed by atoms with Crippen LogP contribution in [0.2, 0.25) is 0 Å². The molecule has 0 aromatic heterocycles. The van der Waals surface area contributed by atoms with Crippen LogP contribution in [0.1, 0.15) is 56.1 Å². The van der Waals surface area contributed by atoms with Gasteiger partial charge >= 0.3 is 5.97 Å². The van der Waals surface area contributed by atoms with Gasteiger partial charge in [-0.3, -0.25) is 0 Å². The Kier molecular flexibility index (Phi) is 3.35. The first-order chi connectivity index (χ1) is 7.53. The maximum atomic E-state index is 11.0. The zero-order valence-electron chi connectivity index (χ0n) is 11.2. The van der Waals surface area contributed by atoms with Crippen LogP contribution in [0.15, 0.2) is 18.2 Å². The van der Waals surface area contributed by atoms with E-state index in [2.05, 4.69) is 20.8 Å². The molecule has 3 N–H and O–H groups in total.